The van der Waals surface area contributed by atoms with E-state index in [4.69, 9.17) is 0 Å². The van der Waals surface area contributed by atoms with E-state index in [-0.39, 0.29) is 5.75 Å². The third kappa shape index (κ3) is 1.59. The van der Waals surface area contributed by atoms with Gasteiger partial charge in [-0.3, -0.25) is 4.98 Å². The van der Waals surface area contributed by atoms with Gasteiger partial charge in [0, 0.05) is 11.3 Å². The van der Waals surface area contributed by atoms with Gasteiger partial charge in [0.05, 0.1) is 5.69 Å². The highest BCUT2D eigenvalue weighted by Gasteiger charge is 2.03. The predicted octanol–water partition coefficient (Wildman–Crippen LogP) is 2.76. The molecule has 0 aliphatic rings. The fraction of sp³-hybridized carbons (Fsp3) is 0.0833. The maximum absolute atomic E-state index is 9.61. The van der Waals surface area contributed by atoms with E-state index in [1.54, 1.807) is 12.1 Å². The van der Waals surface area contributed by atoms with Gasteiger partial charge in [0.25, 0.3) is 0 Å². The van der Waals surface area contributed by atoms with Gasteiger partial charge in [0.15, 0.2) is 0 Å². The summed E-state index contributed by atoms with van der Waals surface area (Å²) in [6, 6.07) is 13.0. The molecule has 0 aliphatic carbocycles. The summed E-state index contributed by atoms with van der Waals surface area (Å²) in [4.78, 5) is 4.34. The van der Waals surface area contributed by atoms with Crippen molar-refractivity contribution in [2.24, 2.45) is 0 Å². The normalized spacial score (nSPS) is 10.1. The summed E-state index contributed by atoms with van der Waals surface area (Å²) in [5, 5.41) is 9.61. The number of nitrogens with zero attached hydrogens (tertiary/aromatic N) is 1. The first-order chi connectivity index (χ1) is 6.77. The Hall–Kier alpha value is -1.83. The summed E-state index contributed by atoms with van der Waals surface area (Å²) in [7, 11) is 0. The van der Waals surface area contributed by atoms with Gasteiger partial charge in [-0.15, -0.1) is 0 Å². The van der Waals surface area contributed by atoms with E-state index < -0.39 is 0 Å². The van der Waals surface area contributed by atoms with Crippen LogP contribution in [0, 0.1) is 6.92 Å². The minimum Gasteiger partial charge on any atom is -0.507 e. The molecular weight excluding hydrogens is 174 g/mol. The first kappa shape index (κ1) is 8.75. The van der Waals surface area contributed by atoms with Crippen LogP contribution in [-0.2, 0) is 0 Å². The van der Waals surface area contributed by atoms with Crippen molar-refractivity contribution in [3.8, 4) is 17.0 Å². The van der Waals surface area contributed by atoms with Gasteiger partial charge in [0.2, 0.25) is 0 Å². The number of rotatable bonds is 1. The molecule has 0 unspecified atom stereocenters. The molecule has 0 fully saturated rings. The van der Waals surface area contributed by atoms with Gasteiger partial charge in [-0.25, -0.2) is 0 Å². The van der Waals surface area contributed by atoms with E-state index in [0.717, 1.165) is 17.0 Å². The molecule has 0 aliphatic heterocycles. The van der Waals surface area contributed by atoms with Crippen molar-refractivity contribution in [2.75, 3.05) is 0 Å². The monoisotopic (exact) mass is 185 g/mol. The van der Waals surface area contributed by atoms with E-state index >= 15 is 0 Å². The SMILES string of the molecule is Cc1cccc(-c2ccccc2O)n1. The molecule has 0 radical (unpaired) electrons. The average molecular weight is 185 g/mol. The third-order valence-electron chi connectivity index (χ3n) is 2.07. The van der Waals surface area contributed by atoms with Crippen LogP contribution >= 0.6 is 0 Å². The lowest BCUT2D eigenvalue weighted by molar-refractivity contribution is 0.477. The van der Waals surface area contributed by atoms with Crippen LogP contribution in [0.3, 0.4) is 0 Å². The van der Waals surface area contributed by atoms with Crippen molar-refractivity contribution in [2.45, 2.75) is 6.92 Å². The maximum Gasteiger partial charge on any atom is 0.124 e. The van der Waals surface area contributed by atoms with Crippen molar-refractivity contribution in [1.82, 2.24) is 4.98 Å². The topological polar surface area (TPSA) is 33.1 Å². The number of aromatic hydroxyl groups is 1. The number of aryl methyl sites for hydroxylation is 1. The number of aromatic nitrogens is 1. The zero-order valence-corrected chi connectivity index (χ0v) is 7.94. The van der Waals surface area contributed by atoms with E-state index in [2.05, 4.69) is 4.98 Å². The standard InChI is InChI=1S/C12H11NO/c1-9-5-4-7-11(13-9)10-6-2-3-8-12(10)14/h2-8,14H,1H3. The lowest BCUT2D eigenvalue weighted by Gasteiger charge is -2.03. The Morgan fingerprint density at radius 3 is 2.50 bits per heavy atom. The molecule has 70 valence electrons. The molecular formula is C12H11NO. The van der Waals surface area contributed by atoms with E-state index in [1.165, 1.54) is 0 Å². The van der Waals surface area contributed by atoms with Crippen molar-refractivity contribution >= 4 is 0 Å². The number of phenols is 1. The number of para-hydroxylation sites is 1. The Bertz CT molecular complexity index is 452. The van der Waals surface area contributed by atoms with Gasteiger partial charge >= 0.3 is 0 Å². The van der Waals surface area contributed by atoms with E-state index in [1.807, 2.05) is 37.3 Å². The molecule has 14 heavy (non-hydrogen) atoms. The van der Waals surface area contributed by atoms with Gasteiger partial charge in [0.1, 0.15) is 5.75 Å². The lowest BCUT2D eigenvalue weighted by Crippen LogP contribution is -1.85. The fourth-order valence-electron chi connectivity index (χ4n) is 1.38. The maximum atomic E-state index is 9.61. The first-order valence-electron chi connectivity index (χ1n) is 4.49. The van der Waals surface area contributed by atoms with Crippen molar-refractivity contribution in [3.05, 3.63) is 48.2 Å². The van der Waals surface area contributed by atoms with Gasteiger partial charge in [-0.1, -0.05) is 18.2 Å². The molecule has 2 heteroatoms. The molecule has 0 saturated heterocycles. The molecule has 2 rings (SSSR count). The highest BCUT2D eigenvalue weighted by atomic mass is 16.3. The second-order valence-corrected chi connectivity index (χ2v) is 3.18. The van der Waals surface area contributed by atoms with Crippen molar-refractivity contribution < 1.29 is 5.11 Å². The Morgan fingerprint density at radius 1 is 1.00 bits per heavy atom. The molecule has 0 bridgehead atoms. The number of hydrogen-bond acceptors (Lipinski definition) is 2. The second kappa shape index (κ2) is 3.50. The quantitative estimate of drug-likeness (QED) is 0.741. The molecule has 1 heterocycles. The van der Waals surface area contributed by atoms with Crippen LogP contribution in [0.25, 0.3) is 11.3 Å². The minimum atomic E-state index is 0.269. The Labute approximate surface area is 82.9 Å². The van der Waals surface area contributed by atoms with Crippen LogP contribution in [0.15, 0.2) is 42.5 Å². The summed E-state index contributed by atoms with van der Waals surface area (Å²) in [6.45, 7) is 1.93. The minimum absolute atomic E-state index is 0.269. The smallest absolute Gasteiger partial charge is 0.124 e. The molecule has 1 aromatic carbocycles. The summed E-state index contributed by atoms with van der Waals surface area (Å²) in [5.41, 5.74) is 2.53. The molecule has 0 spiro atoms. The Kier molecular flexibility index (Phi) is 2.19. The fourth-order valence-corrected chi connectivity index (χ4v) is 1.38. The second-order valence-electron chi connectivity index (χ2n) is 3.18. The molecule has 2 nitrogen and oxygen atoms in total. The van der Waals surface area contributed by atoms with Gasteiger partial charge in [-0.2, -0.15) is 0 Å². The number of phenolic OH excluding ortho intramolecular Hbond substituents is 1. The zero-order valence-electron chi connectivity index (χ0n) is 7.94. The van der Waals surface area contributed by atoms with Crippen LogP contribution in [0.2, 0.25) is 0 Å². The first-order valence-corrected chi connectivity index (χ1v) is 4.49. The molecule has 0 atom stereocenters. The number of hydrogen-bond donors (Lipinski definition) is 1. The van der Waals surface area contributed by atoms with Gasteiger partial charge in [-0.05, 0) is 31.2 Å². The molecule has 1 aromatic heterocycles. The van der Waals surface area contributed by atoms with Crippen LogP contribution in [0.1, 0.15) is 5.69 Å². The van der Waals surface area contributed by atoms with Crippen molar-refractivity contribution in [3.63, 3.8) is 0 Å². The molecule has 2 aromatic rings. The number of benzene rings is 1. The average Bonchev–Trinajstić information content (AvgIpc) is 2.18. The lowest BCUT2D eigenvalue weighted by atomic mass is 10.1. The molecule has 0 saturated carbocycles. The highest BCUT2D eigenvalue weighted by Crippen LogP contribution is 2.26. The Morgan fingerprint density at radius 2 is 1.79 bits per heavy atom. The largest absolute Gasteiger partial charge is 0.507 e. The Balaban J connectivity index is 2.55. The molecule has 1 N–H and O–H groups in total. The third-order valence-corrected chi connectivity index (χ3v) is 2.07. The van der Waals surface area contributed by atoms with Crippen LogP contribution in [0.5, 0.6) is 5.75 Å². The van der Waals surface area contributed by atoms with E-state index in [0.29, 0.717) is 0 Å². The van der Waals surface area contributed by atoms with Crippen LogP contribution < -0.4 is 0 Å². The van der Waals surface area contributed by atoms with Gasteiger partial charge < -0.3 is 5.11 Å². The predicted molar refractivity (Wildman–Crippen MR) is 56.1 cm³/mol. The summed E-state index contributed by atoms with van der Waals surface area (Å²) in [6.07, 6.45) is 0. The van der Waals surface area contributed by atoms with Crippen molar-refractivity contribution in [1.29, 1.82) is 0 Å². The summed E-state index contributed by atoms with van der Waals surface area (Å²) in [5.74, 6) is 0.269. The summed E-state index contributed by atoms with van der Waals surface area (Å²) >= 11 is 0. The number of pyridine rings is 1. The van der Waals surface area contributed by atoms with Crippen LogP contribution in [-0.4, -0.2) is 10.1 Å². The van der Waals surface area contributed by atoms with Crippen LogP contribution in [0.4, 0.5) is 0 Å². The summed E-state index contributed by atoms with van der Waals surface area (Å²) < 4.78 is 0. The zero-order chi connectivity index (χ0) is 9.97. The highest BCUT2D eigenvalue weighted by molar-refractivity contribution is 5.66. The van der Waals surface area contributed by atoms with E-state index in [9.17, 15) is 5.11 Å². The molecule has 0 amide bonds.